The van der Waals surface area contributed by atoms with Crippen LogP contribution in [0.3, 0.4) is 0 Å². The van der Waals surface area contributed by atoms with Crippen LogP contribution < -0.4 is 4.74 Å². The zero-order valence-electron chi connectivity index (χ0n) is 10.0. The second-order valence-electron chi connectivity index (χ2n) is 4.18. The lowest BCUT2D eigenvalue weighted by molar-refractivity contribution is -0.131. The molecule has 0 saturated heterocycles. The van der Waals surface area contributed by atoms with Crippen molar-refractivity contribution in [2.24, 2.45) is 0 Å². The van der Waals surface area contributed by atoms with Gasteiger partial charge in [-0.25, -0.2) is 0 Å². The summed E-state index contributed by atoms with van der Waals surface area (Å²) in [6.07, 6.45) is 0.810. The highest BCUT2D eigenvalue weighted by molar-refractivity contribution is 5.74. The van der Waals surface area contributed by atoms with Gasteiger partial charge >= 0.3 is 5.97 Å². The molecule has 1 aromatic carbocycles. The van der Waals surface area contributed by atoms with Gasteiger partial charge in [0.1, 0.15) is 5.75 Å². The van der Waals surface area contributed by atoms with Crippen LogP contribution >= 0.6 is 0 Å². The van der Waals surface area contributed by atoms with Gasteiger partial charge in [-0.2, -0.15) is 0 Å². The summed E-state index contributed by atoms with van der Waals surface area (Å²) in [5.74, 6) is 0.285. The highest BCUT2D eigenvalue weighted by Gasteiger charge is 2.21. The maximum absolute atomic E-state index is 11.4. The number of nitrogens with zero attached hydrogens (tertiary/aromatic N) is 1. The SMILES string of the molecule is CC(=O)Oc1cccc2c1CN(C(C)=O)CC2. The third-order valence-corrected chi connectivity index (χ3v) is 2.93. The monoisotopic (exact) mass is 233 g/mol. The van der Waals surface area contributed by atoms with Gasteiger partial charge in [-0.05, 0) is 18.1 Å². The van der Waals surface area contributed by atoms with Crippen LogP contribution in [0.2, 0.25) is 0 Å². The molecule has 0 spiro atoms. The molecule has 0 aromatic heterocycles. The third kappa shape index (κ3) is 2.46. The van der Waals surface area contributed by atoms with Crippen LogP contribution in [0.5, 0.6) is 5.75 Å². The molecule has 4 heteroatoms. The molecule has 1 heterocycles. The van der Waals surface area contributed by atoms with E-state index in [-0.39, 0.29) is 11.9 Å². The number of rotatable bonds is 1. The first-order valence-electron chi connectivity index (χ1n) is 5.62. The van der Waals surface area contributed by atoms with Crippen molar-refractivity contribution < 1.29 is 14.3 Å². The smallest absolute Gasteiger partial charge is 0.308 e. The number of amides is 1. The molecule has 0 radical (unpaired) electrons. The fourth-order valence-electron chi connectivity index (χ4n) is 2.07. The molecule has 0 unspecified atom stereocenters. The molecular formula is C13H15NO3. The Balaban J connectivity index is 2.32. The number of benzene rings is 1. The Morgan fingerprint density at radius 1 is 1.29 bits per heavy atom. The Labute approximate surface area is 100 Å². The van der Waals surface area contributed by atoms with Crippen LogP contribution in [0, 0.1) is 0 Å². The fraction of sp³-hybridized carbons (Fsp3) is 0.385. The minimum atomic E-state index is -0.335. The molecule has 90 valence electrons. The Bertz CT molecular complexity index is 468. The van der Waals surface area contributed by atoms with Crippen LogP contribution in [-0.2, 0) is 22.6 Å². The van der Waals surface area contributed by atoms with Crippen LogP contribution in [0.1, 0.15) is 25.0 Å². The van der Waals surface area contributed by atoms with Crippen molar-refractivity contribution in [1.82, 2.24) is 4.90 Å². The lowest BCUT2D eigenvalue weighted by Crippen LogP contribution is -2.34. The maximum Gasteiger partial charge on any atom is 0.308 e. The molecule has 1 aliphatic heterocycles. The van der Waals surface area contributed by atoms with Gasteiger partial charge in [0.05, 0.1) is 0 Å². The predicted octanol–water partition coefficient (Wildman–Crippen LogP) is 1.52. The molecule has 4 nitrogen and oxygen atoms in total. The van der Waals surface area contributed by atoms with Gasteiger partial charge in [-0.3, -0.25) is 9.59 Å². The molecule has 0 fully saturated rings. The Kier molecular flexibility index (Phi) is 3.13. The first-order chi connectivity index (χ1) is 8.08. The molecule has 1 aliphatic rings. The molecule has 0 atom stereocenters. The molecule has 1 amide bonds. The van der Waals surface area contributed by atoms with Gasteiger partial charge < -0.3 is 9.64 Å². The number of hydrogen-bond acceptors (Lipinski definition) is 3. The number of esters is 1. The van der Waals surface area contributed by atoms with E-state index >= 15 is 0 Å². The minimum absolute atomic E-state index is 0.0493. The summed E-state index contributed by atoms with van der Waals surface area (Å²) in [4.78, 5) is 24.1. The van der Waals surface area contributed by atoms with Gasteiger partial charge in [-0.1, -0.05) is 12.1 Å². The van der Waals surface area contributed by atoms with Crippen LogP contribution in [0.4, 0.5) is 0 Å². The van der Waals surface area contributed by atoms with Crippen LogP contribution in [-0.4, -0.2) is 23.3 Å². The first-order valence-corrected chi connectivity index (χ1v) is 5.62. The van der Waals surface area contributed by atoms with Crippen molar-refractivity contribution in [3.8, 4) is 5.75 Å². The third-order valence-electron chi connectivity index (χ3n) is 2.93. The van der Waals surface area contributed by atoms with Crippen molar-refractivity contribution in [3.05, 3.63) is 29.3 Å². The average Bonchev–Trinajstić information content (AvgIpc) is 2.28. The summed E-state index contributed by atoms with van der Waals surface area (Å²) in [6, 6.07) is 5.66. The van der Waals surface area contributed by atoms with E-state index in [1.54, 1.807) is 17.9 Å². The molecule has 2 rings (SSSR count). The molecule has 1 aromatic rings. The molecule has 0 bridgehead atoms. The fourth-order valence-corrected chi connectivity index (χ4v) is 2.07. The number of hydrogen-bond donors (Lipinski definition) is 0. The van der Waals surface area contributed by atoms with Crippen molar-refractivity contribution in [3.63, 3.8) is 0 Å². The van der Waals surface area contributed by atoms with Gasteiger partial charge in [0.15, 0.2) is 0 Å². The highest BCUT2D eigenvalue weighted by atomic mass is 16.5. The average molecular weight is 233 g/mol. The normalized spacial score (nSPS) is 14.1. The number of fused-ring (bicyclic) bond motifs is 1. The van der Waals surface area contributed by atoms with E-state index in [2.05, 4.69) is 0 Å². The summed E-state index contributed by atoms with van der Waals surface area (Å²) >= 11 is 0. The standard InChI is InChI=1S/C13H15NO3/c1-9(15)14-7-6-11-4-3-5-13(12(11)8-14)17-10(2)16/h3-5H,6-8H2,1-2H3. The van der Waals surface area contributed by atoms with Gasteiger partial charge in [0.25, 0.3) is 0 Å². The van der Waals surface area contributed by atoms with Crippen LogP contribution in [0.25, 0.3) is 0 Å². The van der Waals surface area contributed by atoms with E-state index in [1.807, 2.05) is 12.1 Å². The largest absolute Gasteiger partial charge is 0.426 e. The summed E-state index contributed by atoms with van der Waals surface area (Å²) < 4.78 is 5.16. The minimum Gasteiger partial charge on any atom is -0.426 e. The van der Waals surface area contributed by atoms with E-state index < -0.39 is 0 Å². The quantitative estimate of drug-likeness (QED) is 0.545. The topological polar surface area (TPSA) is 46.6 Å². The van der Waals surface area contributed by atoms with Crippen molar-refractivity contribution >= 4 is 11.9 Å². The zero-order valence-corrected chi connectivity index (χ0v) is 10.0. The molecule has 0 N–H and O–H groups in total. The van der Waals surface area contributed by atoms with Crippen LogP contribution in [0.15, 0.2) is 18.2 Å². The zero-order chi connectivity index (χ0) is 12.4. The van der Waals surface area contributed by atoms with E-state index in [0.717, 1.165) is 24.1 Å². The lowest BCUT2D eigenvalue weighted by Gasteiger charge is -2.28. The van der Waals surface area contributed by atoms with E-state index in [9.17, 15) is 9.59 Å². The summed E-state index contributed by atoms with van der Waals surface area (Å²) in [5.41, 5.74) is 2.10. The van der Waals surface area contributed by atoms with E-state index in [1.165, 1.54) is 6.92 Å². The van der Waals surface area contributed by atoms with Gasteiger partial charge in [0, 0.05) is 32.5 Å². The molecular weight excluding hydrogens is 218 g/mol. The first kappa shape index (κ1) is 11.6. The van der Waals surface area contributed by atoms with Gasteiger partial charge in [0.2, 0.25) is 5.91 Å². The predicted molar refractivity (Wildman–Crippen MR) is 62.5 cm³/mol. The highest BCUT2D eigenvalue weighted by Crippen LogP contribution is 2.28. The number of carbonyl (C=O) groups excluding carboxylic acids is 2. The summed E-state index contributed by atoms with van der Waals surface area (Å²) in [6.45, 7) is 4.18. The lowest BCUT2D eigenvalue weighted by atomic mass is 9.99. The summed E-state index contributed by atoms with van der Waals surface area (Å²) in [5, 5.41) is 0. The maximum atomic E-state index is 11.4. The Morgan fingerprint density at radius 3 is 2.71 bits per heavy atom. The number of ether oxygens (including phenoxy) is 1. The summed E-state index contributed by atoms with van der Waals surface area (Å²) in [7, 11) is 0. The number of carbonyl (C=O) groups is 2. The van der Waals surface area contributed by atoms with Gasteiger partial charge in [-0.15, -0.1) is 0 Å². The van der Waals surface area contributed by atoms with Crippen molar-refractivity contribution in [2.75, 3.05) is 6.54 Å². The molecule has 0 saturated carbocycles. The molecule has 0 aliphatic carbocycles. The second-order valence-corrected chi connectivity index (χ2v) is 4.18. The van der Waals surface area contributed by atoms with E-state index in [4.69, 9.17) is 4.74 Å². The Hall–Kier alpha value is -1.84. The molecule has 17 heavy (non-hydrogen) atoms. The Morgan fingerprint density at radius 2 is 2.06 bits per heavy atom. The second kappa shape index (κ2) is 4.57. The van der Waals surface area contributed by atoms with E-state index in [0.29, 0.717) is 12.3 Å². The van der Waals surface area contributed by atoms with Crippen molar-refractivity contribution in [2.45, 2.75) is 26.8 Å². The van der Waals surface area contributed by atoms with Crippen molar-refractivity contribution in [1.29, 1.82) is 0 Å².